The number of hydrogen-bond acceptors (Lipinski definition) is 5. The molecule has 3 heterocycles. The minimum absolute atomic E-state index is 0. The molecule has 0 unspecified atom stereocenters. The van der Waals surface area contributed by atoms with E-state index in [-0.39, 0.29) is 26.8 Å². The molecule has 0 aliphatic carbocycles. The van der Waals surface area contributed by atoms with E-state index in [9.17, 15) is 5.11 Å². The molecule has 0 bridgehead atoms. The van der Waals surface area contributed by atoms with E-state index in [1.54, 1.807) is 6.07 Å². The van der Waals surface area contributed by atoms with Crippen LogP contribution in [-0.2, 0) is 21.1 Å². The van der Waals surface area contributed by atoms with Crippen molar-refractivity contribution in [3.05, 3.63) is 126 Å². The molecule has 222 valence electrons. The van der Waals surface area contributed by atoms with Crippen molar-refractivity contribution in [3.8, 4) is 17.0 Å². The summed E-state index contributed by atoms with van der Waals surface area (Å²) >= 11 is 0. The van der Waals surface area contributed by atoms with Crippen LogP contribution >= 0.6 is 0 Å². The summed E-state index contributed by atoms with van der Waals surface area (Å²) in [6.07, 6.45) is 1.89. The molecule has 0 amide bonds. The Hall–Kier alpha value is -4.47. The third-order valence-electron chi connectivity index (χ3n) is 8.23. The van der Waals surface area contributed by atoms with Gasteiger partial charge in [0.05, 0.1) is 11.4 Å². The molecule has 5 nitrogen and oxygen atoms in total. The number of benzene rings is 4. The van der Waals surface area contributed by atoms with E-state index in [4.69, 9.17) is 9.97 Å². The van der Waals surface area contributed by atoms with Gasteiger partial charge in [-0.25, -0.2) is 4.98 Å². The molecule has 4 aromatic carbocycles. The molecule has 0 atom stereocenters. The predicted molar refractivity (Wildman–Crippen MR) is 177 cm³/mol. The Morgan fingerprint density at radius 1 is 0.750 bits per heavy atom. The normalized spacial score (nSPS) is 12.2. The first-order chi connectivity index (χ1) is 20.8. The summed E-state index contributed by atoms with van der Waals surface area (Å²) in [5.41, 5.74) is 12.2. The number of aromatic hydroxyl groups is 1. The van der Waals surface area contributed by atoms with Crippen molar-refractivity contribution in [1.82, 2.24) is 9.97 Å². The summed E-state index contributed by atoms with van der Waals surface area (Å²) in [6, 6.07) is 34.7. The third-order valence-corrected chi connectivity index (χ3v) is 8.23. The largest absolute Gasteiger partial charge is 0.506 e. The number of aromatic nitrogens is 2. The maximum Gasteiger partial charge on any atom is 0.140 e. The Balaban J connectivity index is 0.00000343. The zero-order valence-corrected chi connectivity index (χ0v) is 27.6. The Kier molecular flexibility index (Phi) is 7.77. The van der Waals surface area contributed by atoms with Crippen LogP contribution in [0.25, 0.3) is 22.2 Å². The molecule has 2 aromatic heterocycles. The molecule has 6 aromatic rings. The number of phenolic OH excluding ortho intramolecular Hbond substituents is 1. The number of pyridine rings is 2. The predicted octanol–water partition coefficient (Wildman–Crippen LogP) is 10.1. The number of nitrogens with zero attached hydrogens (tertiary/aromatic N) is 4. The van der Waals surface area contributed by atoms with Gasteiger partial charge in [0.2, 0.25) is 0 Å². The first-order valence-electron chi connectivity index (χ1n) is 14.7. The van der Waals surface area contributed by atoms with Crippen LogP contribution in [-0.4, -0.2) is 15.1 Å². The van der Waals surface area contributed by atoms with Gasteiger partial charge in [-0.1, -0.05) is 67.9 Å². The van der Waals surface area contributed by atoms with Gasteiger partial charge in [0.25, 0.3) is 0 Å². The standard InChI is InChI=1S/C38H33N4O.Pt/c1-23(2)28-17-18-39-36(22-28)41-31-10-6-7-11-32(31)42(38-25(4)19-24(3)20-26(38)5)33-16-14-29(21-34(33)41)30-15-13-27-9-8-12-35(43)37(27)40-30;/h6-20,22-23,43H,1-5H3;/q-1;. The molecule has 0 saturated carbocycles. The molecule has 0 radical (unpaired) electrons. The molecule has 1 aliphatic heterocycles. The Bertz CT molecular complexity index is 2010. The van der Waals surface area contributed by atoms with Crippen LogP contribution in [0.2, 0.25) is 0 Å². The number of anilines is 6. The maximum absolute atomic E-state index is 10.5. The van der Waals surface area contributed by atoms with Gasteiger partial charge in [0, 0.05) is 38.3 Å². The molecule has 44 heavy (non-hydrogen) atoms. The second kappa shape index (κ2) is 11.6. The van der Waals surface area contributed by atoms with Crippen LogP contribution in [0.1, 0.15) is 42.0 Å². The fourth-order valence-electron chi connectivity index (χ4n) is 6.27. The van der Waals surface area contributed by atoms with E-state index in [0.29, 0.717) is 11.4 Å². The van der Waals surface area contributed by atoms with Crippen molar-refractivity contribution in [2.45, 2.75) is 40.5 Å². The van der Waals surface area contributed by atoms with Crippen LogP contribution in [0, 0.1) is 26.8 Å². The Morgan fingerprint density at radius 2 is 1.48 bits per heavy atom. The maximum atomic E-state index is 10.5. The van der Waals surface area contributed by atoms with Crippen molar-refractivity contribution < 1.29 is 26.2 Å². The Morgan fingerprint density at radius 3 is 2.20 bits per heavy atom. The van der Waals surface area contributed by atoms with E-state index in [2.05, 4.69) is 111 Å². The number of fused-ring (bicyclic) bond motifs is 3. The molecule has 7 rings (SSSR count). The topological polar surface area (TPSA) is 52.5 Å². The monoisotopic (exact) mass is 756 g/mol. The number of rotatable bonds is 4. The smallest absolute Gasteiger partial charge is 0.140 e. The van der Waals surface area contributed by atoms with Gasteiger partial charge in [0.1, 0.15) is 17.1 Å². The summed E-state index contributed by atoms with van der Waals surface area (Å²) in [7, 11) is 0. The van der Waals surface area contributed by atoms with E-state index in [1.165, 1.54) is 22.3 Å². The van der Waals surface area contributed by atoms with Gasteiger partial charge in [-0.2, -0.15) is 0 Å². The van der Waals surface area contributed by atoms with Crippen molar-refractivity contribution in [1.29, 1.82) is 0 Å². The summed E-state index contributed by atoms with van der Waals surface area (Å²) in [4.78, 5) is 14.3. The van der Waals surface area contributed by atoms with Gasteiger partial charge in [-0.3, -0.25) is 4.98 Å². The first-order valence-corrected chi connectivity index (χ1v) is 14.7. The number of hydrogen-bond donors (Lipinski definition) is 1. The fraction of sp³-hybridized carbons (Fsp3) is 0.158. The summed E-state index contributed by atoms with van der Waals surface area (Å²) in [6.45, 7) is 10.9. The van der Waals surface area contributed by atoms with Gasteiger partial charge in [-0.05, 0) is 90.8 Å². The van der Waals surface area contributed by atoms with E-state index >= 15 is 0 Å². The van der Waals surface area contributed by atoms with E-state index in [0.717, 1.165) is 50.9 Å². The SMILES string of the molecule is Cc1cc(C)c(N2c3ccc(-c4ccc5cccc(O)c5n4)[c-]c3N(c3cc(C(C)C)ccn3)c3ccccc32)c(C)c1.[Pt]. The molecule has 0 fully saturated rings. The molecular formula is C38H33N4OPt-. The fourth-order valence-corrected chi connectivity index (χ4v) is 6.27. The van der Waals surface area contributed by atoms with Crippen molar-refractivity contribution in [2.24, 2.45) is 0 Å². The van der Waals surface area contributed by atoms with Crippen LogP contribution in [0.3, 0.4) is 0 Å². The second-order valence-electron chi connectivity index (χ2n) is 11.7. The Labute approximate surface area is 273 Å². The van der Waals surface area contributed by atoms with Crippen molar-refractivity contribution >= 4 is 45.2 Å². The number of para-hydroxylation sites is 3. The number of phenols is 1. The van der Waals surface area contributed by atoms with Crippen LogP contribution in [0.4, 0.5) is 34.3 Å². The zero-order chi connectivity index (χ0) is 29.8. The molecular weight excluding hydrogens is 724 g/mol. The van der Waals surface area contributed by atoms with Crippen LogP contribution in [0.15, 0.2) is 97.2 Å². The van der Waals surface area contributed by atoms with E-state index < -0.39 is 0 Å². The van der Waals surface area contributed by atoms with Crippen LogP contribution < -0.4 is 9.80 Å². The average molecular weight is 757 g/mol. The minimum atomic E-state index is 0. The van der Waals surface area contributed by atoms with Gasteiger partial charge < -0.3 is 14.9 Å². The quantitative estimate of drug-likeness (QED) is 0.181. The van der Waals surface area contributed by atoms with Gasteiger partial charge >= 0.3 is 0 Å². The van der Waals surface area contributed by atoms with Crippen molar-refractivity contribution in [3.63, 3.8) is 0 Å². The molecule has 1 aliphatic rings. The average Bonchev–Trinajstić information content (AvgIpc) is 3.00. The summed E-state index contributed by atoms with van der Waals surface area (Å²) in [5.74, 6) is 1.37. The van der Waals surface area contributed by atoms with E-state index in [1.807, 2.05) is 30.5 Å². The molecule has 0 spiro atoms. The molecule has 0 saturated heterocycles. The second-order valence-corrected chi connectivity index (χ2v) is 11.7. The molecule has 1 N–H and O–H groups in total. The summed E-state index contributed by atoms with van der Waals surface area (Å²) in [5, 5.41) is 11.4. The van der Waals surface area contributed by atoms with Gasteiger partial charge in [-0.15, -0.1) is 23.8 Å². The van der Waals surface area contributed by atoms with Crippen molar-refractivity contribution in [2.75, 3.05) is 9.80 Å². The molecule has 6 heteroatoms. The summed E-state index contributed by atoms with van der Waals surface area (Å²) < 4.78 is 0. The first kappa shape index (κ1) is 29.6. The number of aryl methyl sites for hydroxylation is 3. The van der Waals surface area contributed by atoms with Crippen LogP contribution in [0.5, 0.6) is 5.75 Å². The minimum Gasteiger partial charge on any atom is -0.506 e. The zero-order valence-electron chi connectivity index (χ0n) is 25.4. The third kappa shape index (κ3) is 4.95. The van der Waals surface area contributed by atoms with Gasteiger partial charge in [0.15, 0.2) is 0 Å².